The van der Waals surface area contributed by atoms with Crippen molar-refractivity contribution in [3.05, 3.63) is 71.5 Å². The summed E-state index contributed by atoms with van der Waals surface area (Å²) in [4.78, 5) is 28.3. The molecule has 2 aromatic carbocycles. The lowest BCUT2D eigenvalue weighted by molar-refractivity contribution is -0.139. The molecule has 0 spiro atoms. The molecule has 26 heavy (non-hydrogen) atoms. The van der Waals surface area contributed by atoms with Gasteiger partial charge in [-0.3, -0.25) is 9.59 Å². The molecular weight excluding hydrogens is 331 g/mol. The third-order valence-corrected chi connectivity index (χ3v) is 4.75. The van der Waals surface area contributed by atoms with Crippen molar-refractivity contribution in [1.29, 1.82) is 0 Å². The monoisotopic (exact) mass is 354 g/mol. The first-order chi connectivity index (χ1) is 12.6. The molecule has 0 atom stereocenters. The third-order valence-electron chi connectivity index (χ3n) is 4.75. The van der Waals surface area contributed by atoms with Gasteiger partial charge >= 0.3 is 0 Å². The van der Waals surface area contributed by atoms with Crippen molar-refractivity contribution in [3.63, 3.8) is 0 Å². The standard InChI is InChI=1S/C21H23FN2O2/c22-19-9-5-4-8-18(19)10-11-20(25)23-12-14-24(15-13-23)21(26)16-17-6-2-1-3-7-17/h1-9H,10-16H2. The van der Waals surface area contributed by atoms with Gasteiger partial charge in [0.15, 0.2) is 0 Å². The van der Waals surface area contributed by atoms with Gasteiger partial charge in [0.1, 0.15) is 5.82 Å². The van der Waals surface area contributed by atoms with Crippen LogP contribution >= 0.6 is 0 Å². The van der Waals surface area contributed by atoms with E-state index in [9.17, 15) is 14.0 Å². The highest BCUT2D eigenvalue weighted by molar-refractivity contribution is 5.80. The van der Waals surface area contributed by atoms with Crippen molar-refractivity contribution < 1.29 is 14.0 Å². The highest BCUT2D eigenvalue weighted by Gasteiger charge is 2.24. The van der Waals surface area contributed by atoms with E-state index in [0.717, 1.165) is 5.56 Å². The smallest absolute Gasteiger partial charge is 0.227 e. The molecule has 1 aliphatic heterocycles. The first kappa shape index (κ1) is 18.1. The van der Waals surface area contributed by atoms with Crippen LogP contribution in [0.1, 0.15) is 17.5 Å². The van der Waals surface area contributed by atoms with E-state index in [2.05, 4.69) is 0 Å². The molecule has 0 N–H and O–H groups in total. The van der Waals surface area contributed by atoms with Crippen molar-refractivity contribution >= 4 is 11.8 Å². The van der Waals surface area contributed by atoms with Crippen molar-refractivity contribution in [3.8, 4) is 0 Å². The van der Waals surface area contributed by atoms with Gasteiger partial charge in [-0.2, -0.15) is 0 Å². The summed E-state index contributed by atoms with van der Waals surface area (Å²) in [5.41, 5.74) is 1.57. The SMILES string of the molecule is O=C(CCc1ccccc1F)N1CCN(C(=O)Cc2ccccc2)CC1. The Bertz CT molecular complexity index is 756. The normalized spacial score (nSPS) is 14.3. The third kappa shape index (κ3) is 4.69. The maximum absolute atomic E-state index is 13.6. The van der Waals surface area contributed by atoms with Crippen LogP contribution in [0.4, 0.5) is 4.39 Å². The fourth-order valence-corrected chi connectivity index (χ4v) is 3.19. The summed E-state index contributed by atoms with van der Waals surface area (Å²) in [5, 5.41) is 0. The number of hydrogen-bond donors (Lipinski definition) is 0. The quantitative estimate of drug-likeness (QED) is 0.828. The summed E-state index contributed by atoms with van der Waals surface area (Å²) >= 11 is 0. The lowest BCUT2D eigenvalue weighted by Crippen LogP contribution is -2.51. The van der Waals surface area contributed by atoms with E-state index >= 15 is 0 Å². The molecular formula is C21H23FN2O2. The van der Waals surface area contributed by atoms with Gasteiger partial charge in [0.05, 0.1) is 6.42 Å². The van der Waals surface area contributed by atoms with Crippen molar-refractivity contribution in [2.75, 3.05) is 26.2 Å². The molecule has 0 saturated carbocycles. The number of rotatable bonds is 5. The van der Waals surface area contributed by atoms with Gasteiger partial charge < -0.3 is 9.80 Å². The topological polar surface area (TPSA) is 40.6 Å². The van der Waals surface area contributed by atoms with E-state index in [1.165, 1.54) is 6.07 Å². The van der Waals surface area contributed by atoms with Crippen molar-refractivity contribution in [2.24, 2.45) is 0 Å². The Labute approximate surface area is 153 Å². The lowest BCUT2D eigenvalue weighted by Gasteiger charge is -2.35. The van der Waals surface area contributed by atoms with Crippen molar-refractivity contribution in [2.45, 2.75) is 19.3 Å². The first-order valence-corrected chi connectivity index (χ1v) is 8.96. The van der Waals surface area contributed by atoms with Crippen LogP contribution in [0.15, 0.2) is 54.6 Å². The first-order valence-electron chi connectivity index (χ1n) is 8.96. The van der Waals surface area contributed by atoms with Crippen molar-refractivity contribution in [1.82, 2.24) is 9.80 Å². The molecule has 0 unspecified atom stereocenters. The molecule has 1 heterocycles. The zero-order valence-electron chi connectivity index (χ0n) is 14.7. The summed E-state index contributed by atoms with van der Waals surface area (Å²) in [6, 6.07) is 16.2. The van der Waals surface area contributed by atoms with Gasteiger partial charge in [-0.1, -0.05) is 48.5 Å². The Morgan fingerprint density at radius 1 is 0.808 bits per heavy atom. The molecule has 3 rings (SSSR count). The van der Waals surface area contributed by atoms with Crippen LogP contribution in [0.5, 0.6) is 0 Å². The van der Waals surface area contributed by atoms with Crippen LogP contribution < -0.4 is 0 Å². The molecule has 0 aliphatic carbocycles. The second kappa shape index (κ2) is 8.61. The van der Waals surface area contributed by atoms with E-state index in [1.54, 1.807) is 23.1 Å². The molecule has 2 amide bonds. The fourth-order valence-electron chi connectivity index (χ4n) is 3.19. The molecule has 0 aromatic heterocycles. The Morgan fingerprint density at radius 3 is 2.04 bits per heavy atom. The van der Waals surface area contributed by atoms with E-state index in [1.807, 2.05) is 35.2 Å². The summed E-state index contributed by atoms with van der Waals surface area (Å²) in [6.07, 6.45) is 1.08. The molecule has 1 fully saturated rings. The van der Waals surface area contributed by atoms with Crippen LogP contribution in [-0.2, 0) is 22.4 Å². The molecule has 1 saturated heterocycles. The number of benzene rings is 2. The Hall–Kier alpha value is -2.69. The summed E-state index contributed by atoms with van der Waals surface area (Å²) in [7, 11) is 0. The van der Waals surface area contributed by atoms with Gasteiger partial charge in [-0.15, -0.1) is 0 Å². The number of piperazine rings is 1. The van der Waals surface area contributed by atoms with Crippen LogP contribution in [0.3, 0.4) is 0 Å². The van der Waals surface area contributed by atoms with Gasteiger partial charge in [-0.25, -0.2) is 4.39 Å². The molecule has 4 nitrogen and oxygen atoms in total. The number of nitrogens with zero attached hydrogens (tertiary/aromatic N) is 2. The van der Waals surface area contributed by atoms with Crippen LogP contribution in [-0.4, -0.2) is 47.8 Å². The van der Waals surface area contributed by atoms with Gasteiger partial charge in [-0.05, 0) is 23.6 Å². The second-order valence-electron chi connectivity index (χ2n) is 6.52. The Balaban J connectivity index is 1.45. The van der Waals surface area contributed by atoms with E-state index < -0.39 is 0 Å². The largest absolute Gasteiger partial charge is 0.339 e. The number of carbonyl (C=O) groups excluding carboxylic acids is 2. The minimum absolute atomic E-state index is 0.0170. The predicted octanol–water partition coefficient (Wildman–Crippen LogP) is 2.67. The number of carbonyl (C=O) groups is 2. The highest BCUT2D eigenvalue weighted by atomic mass is 19.1. The maximum atomic E-state index is 13.6. The summed E-state index contributed by atoms with van der Waals surface area (Å²) in [6.45, 7) is 2.18. The lowest BCUT2D eigenvalue weighted by atomic mass is 10.1. The molecule has 0 bridgehead atoms. The van der Waals surface area contributed by atoms with Crippen LogP contribution in [0.25, 0.3) is 0 Å². The van der Waals surface area contributed by atoms with E-state index in [4.69, 9.17) is 0 Å². The summed E-state index contributed by atoms with van der Waals surface area (Å²) in [5.74, 6) is -0.158. The number of amides is 2. The minimum Gasteiger partial charge on any atom is -0.339 e. The molecule has 136 valence electrons. The Kier molecular flexibility index (Phi) is 6.00. The number of hydrogen-bond acceptors (Lipinski definition) is 2. The molecule has 0 radical (unpaired) electrons. The molecule has 5 heteroatoms. The maximum Gasteiger partial charge on any atom is 0.227 e. The zero-order chi connectivity index (χ0) is 18.4. The number of aryl methyl sites for hydroxylation is 1. The van der Waals surface area contributed by atoms with Crippen LogP contribution in [0.2, 0.25) is 0 Å². The van der Waals surface area contributed by atoms with E-state index in [-0.39, 0.29) is 17.6 Å². The number of halogens is 1. The van der Waals surface area contributed by atoms with Gasteiger partial charge in [0, 0.05) is 32.6 Å². The Morgan fingerprint density at radius 2 is 1.38 bits per heavy atom. The highest BCUT2D eigenvalue weighted by Crippen LogP contribution is 2.12. The molecule has 1 aliphatic rings. The second-order valence-corrected chi connectivity index (χ2v) is 6.52. The summed E-state index contributed by atoms with van der Waals surface area (Å²) < 4.78 is 13.6. The fraction of sp³-hybridized carbons (Fsp3) is 0.333. The predicted molar refractivity (Wildman–Crippen MR) is 98.0 cm³/mol. The minimum atomic E-state index is -0.267. The van der Waals surface area contributed by atoms with Crippen LogP contribution in [0, 0.1) is 5.82 Å². The average Bonchev–Trinajstić information content (AvgIpc) is 2.68. The van der Waals surface area contributed by atoms with Gasteiger partial charge in [0.25, 0.3) is 0 Å². The van der Waals surface area contributed by atoms with E-state index in [0.29, 0.717) is 51.0 Å². The average molecular weight is 354 g/mol. The zero-order valence-corrected chi connectivity index (χ0v) is 14.7. The molecule has 2 aromatic rings. The van der Waals surface area contributed by atoms with Gasteiger partial charge in [0.2, 0.25) is 11.8 Å².